The first-order valence-electron chi connectivity index (χ1n) is 3.61. The summed E-state index contributed by atoms with van der Waals surface area (Å²) in [5, 5.41) is 7.32. The molecule has 0 aliphatic heterocycles. The van der Waals surface area contributed by atoms with E-state index < -0.39 is 6.17 Å². The topological polar surface area (TPSA) is 36.2 Å². The van der Waals surface area contributed by atoms with Crippen LogP contribution in [-0.2, 0) is 0 Å². The molecule has 1 aliphatic carbocycles. The second-order valence-electron chi connectivity index (χ2n) is 2.66. The van der Waals surface area contributed by atoms with E-state index in [1.807, 2.05) is 0 Å². The fraction of sp³-hybridized carbons (Fsp3) is 0.500. The van der Waals surface area contributed by atoms with Gasteiger partial charge in [-0.2, -0.15) is 0 Å². The predicted molar refractivity (Wildman–Crippen MR) is 44.1 cm³/mol. The Hall–Kier alpha value is -0.990. The minimum absolute atomic E-state index is 0.311. The monoisotopic (exact) mass is 154 g/mol. The molecule has 11 heavy (non-hydrogen) atoms. The van der Waals surface area contributed by atoms with Gasteiger partial charge in [0.25, 0.3) is 0 Å². The van der Waals surface area contributed by atoms with Crippen LogP contribution >= 0.6 is 0 Å². The second-order valence-corrected chi connectivity index (χ2v) is 2.66. The molecule has 0 saturated heterocycles. The zero-order valence-corrected chi connectivity index (χ0v) is 6.31. The smallest absolute Gasteiger partial charge is 0.106 e. The Bertz CT molecular complexity index is 208. The average Bonchev–Trinajstić information content (AvgIpc) is 2.13. The van der Waals surface area contributed by atoms with Crippen LogP contribution < -0.4 is 0 Å². The number of alkyl halides is 1. The van der Waals surface area contributed by atoms with E-state index in [2.05, 4.69) is 11.7 Å². The largest absolute Gasteiger partial charge is 0.305 e. The normalized spacial score (nSPS) is 25.7. The third kappa shape index (κ3) is 2.26. The SMILES string of the molecule is C=NC1=CC(=N)CCC(F)C1. The van der Waals surface area contributed by atoms with E-state index in [1.165, 1.54) is 0 Å². The third-order valence-electron chi connectivity index (χ3n) is 1.70. The maximum Gasteiger partial charge on any atom is 0.106 e. The summed E-state index contributed by atoms with van der Waals surface area (Å²) in [4.78, 5) is 3.64. The van der Waals surface area contributed by atoms with E-state index in [-0.39, 0.29) is 0 Å². The van der Waals surface area contributed by atoms with Gasteiger partial charge < -0.3 is 5.41 Å². The van der Waals surface area contributed by atoms with Gasteiger partial charge in [-0.15, -0.1) is 0 Å². The molecule has 1 unspecified atom stereocenters. The van der Waals surface area contributed by atoms with Gasteiger partial charge in [0.1, 0.15) is 6.17 Å². The fourth-order valence-electron chi connectivity index (χ4n) is 1.08. The molecule has 3 heteroatoms. The summed E-state index contributed by atoms with van der Waals surface area (Å²) in [5.74, 6) is 0. The quantitative estimate of drug-likeness (QED) is 0.561. The number of allylic oxidation sites excluding steroid dienone is 2. The van der Waals surface area contributed by atoms with Crippen LogP contribution in [-0.4, -0.2) is 18.6 Å². The predicted octanol–water partition coefficient (Wildman–Crippen LogP) is 2.11. The van der Waals surface area contributed by atoms with Gasteiger partial charge >= 0.3 is 0 Å². The molecule has 0 bridgehead atoms. The minimum Gasteiger partial charge on any atom is -0.305 e. The Labute approximate surface area is 65.3 Å². The number of hydrogen-bond donors (Lipinski definition) is 1. The molecule has 0 aromatic rings. The molecular formula is C8H11FN2. The molecule has 60 valence electrons. The number of nitrogens with one attached hydrogen (secondary N) is 1. The van der Waals surface area contributed by atoms with E-state index in [4.69, 9.17) is 5.41 Å². The Kier molecular flexibility index (Phi) is 2.52. The molecule has 0 saturated carbocycles. The van der Waals surface area contributed by atoms with Crippen molar-refractivity contribution in [1.29, 1.82) is 5.41 Å². The van der Waals surface area contributed by atoms with Gasteiger partial charge in [-0.05, 0) is 25.6 Å². The number of halogens is 1. The zero-order valence-electron chi connectivity index (χ0n) is 6.31. The molecule has 0 amide bonds. The van der Waals surface area contributed by atoms with Gasteiger partial charge in [0.05, 0.1) is 0 Å². The molecule has 0 heterocycles. The van der Waals surface area contributed by atoms with Crippen molar-refractivity contribution < 1.29 is 4.39 Å². The summed E-state index contributed by atoms with van der Waals surface area (Å²) in [6.07, 6.45) is 2.02. The average molecular weight is 154 g/mol. The first-order valence-corrected chi connectivity index (χ1v) is 3.61. The lowest BCUT2D eigenvalue weighted by atomic mass is 10.2. The summed E-state index contributed by atoms with van der Waals surface area (Å²) < 4.78 is 12.8. The highest BCUT2D eigenvalue weighted by atomic mass is 19.1. The van der Waals surface area contributed by atoms with Crippen molar-refractivity contribution in [2.24, 2.45) is 4.99 Å². The van der Waals surface area contributed by atoms with Crippen molar-refractivity contribution in [2.45, 2.75) is 25.4 Å². The summed E-state index contributed by atoms with van der Waals surface area (Å²) in [7, 11) is 0. The summed E-state index contributed by atoms with van der Waals surface area (Å²) in [6.45, 7) is 3.31. The molecule has 0 aromatic carbocycles. The van der Waals surface area contributed by atoms with E-state index in [9.17, 15) is 4.39 Å². The molecule has 1 atom stereocenters. The Morgan fingerprint density at radius 3 is 3.09 bits per heavy atom. The highest BCUT2D eigenvalue weighted by molar-refractivity contribution is 5.93. The van der Waals surface area contributed by atoms with Gasteiger partial charge in [-0.1, -0.05) is 0 Å². The van der Waals surface area contributed by atoms with Crippen LogP contribution in [0, 0.1) is 5.41 Å². The van der Waals surface area contributed by atoms with Crippen LogP contribution in [0.4, 0.5) is 4.39 Å². The van der Waals surface area contributed by atoms with E-state index >= 15 is 0 Å². The number of aliphatic imine (C=N–C) groups is 1. The fourth-order valence-corrected chi connectivity index (χ4v) is 1.08. The molecule has 0 aromatic heterocycles. The highest BCUT2D eigenvalue weighted by Crippen LogP contribution is 2.18. The lowest BCUT2D eigenvalue weighted by molar-refractivity contribution is 0.318. The van der Waals surface area contributed by atoms with Gasteiger partial charge in [0.2, 0.25) is 0 Å². The summed E-state index contributed by atoms with van der Waals surface area (Å²) >= 11 is 0. The van der Waals surface area contributed by atoms with Crippen LogP contribution in [0.2, 0.25) is 0 Å². The maximum atomic E-state index is 12.8. The Balaban J connectivity index is 2.73. The van der Waals surface area contributed by atoms with Crippen LogP contribution in [0.1, 0.15) is 19.3 Å². The Morgan fingerprint density at radius 2 is 2.45 bits per heavy atom. The second kappa shape index (κ2) is 3.42. The lowest BCUT2D eigenvalue weighted by Crippen LogP contribution is -1.98. The molecule has 1 aliphatic rings. The van der Waals surface area contributed by atoms with E-state index in [1.54, 1.807) is 6.08 Å². The highest BCUT2D eigenvalue weighted by Gasteiger charge is 2.13. The first kappa shape index (κ1) is 8.11. The maximum absolute atomic E-state index is 12.8. The van der Waals surface area contributed by atoms with Crippen LogP contribution in [0.5, 0.6) is 0 Å². The Morgan fingerprint density at radius 1 is 1.73 bits per heavy atom. The van der Waals surface area contributed by atoms with Crippen LogP contribution in [0.25, 0.3) is 0 Å². The van der Waals surface area contributed by atoms with Crippen LogP contribution in [0.3, 0.4) is 0 Å². The standard InChI is InChI=1S/C8H11FN2/c1-11-8-4-6(9)2-3-7(10)5-8/h5-6,10H,1-4H2. The summed E-state index contributed by atoms with van der Waals surface area (Å²) in [5.41, 5.74) is 1.05. The molecule has 0 radical (unpaired) electrons. The van der Waals surface area contributed by atoms with Gasteiger partial charge in [-0.25, -0.2) is 4.39 Å². The summed E-state index contributed by atoms with van der Waals surface area (Å²) in [6, 6.07) is 0. The molecule has 1 N–H and O–H groups in total. The third-order valence-corrected chi connectivity index (χ3v) is 1.70. The van der Waals surface area contributed by atoms with Crippen LogP contribution in [0.15, 0.2) is 16.8 Å². The number of nitrogens with zero attached hydrogens (tertiary/aromatic N) is 1. The lowest BCUT2D eigenvalue weighted by Gasteiger charge is -2.01. The molecule has 0 fully saturated rings. The molecular weight excluding hydrogens is 143 g/mol. The minimum atomic E-state index is -0.852. The van der Waals surface area contributed by atoms with Crippen molar-refractivity contribution in [1.82, 2.24) is 0 Å². The van der Waals surface area contributed by atoms with Crippen molar-refractivity contribution in [3.05, 3.63) is 11.8 Å². The number of rotatable bonds is 1. The van der Waals surface area contributed by atoms with E-state index in [0.29, 0.717) is 30.7 Å². The van der Waals surface area contributed by atoms with E-state index in [0.717, 1.165) is 0 Å². The first-order chi connectivity index (χ1) is 5.22. The molecule has 0 spiro atoms. The molecule has 2 nitrogen and oxygen atoms in total. The van der Waals surface area contributed by atoms with Crippen molar-refractivity contribution in [2.75, 3.05) is 0 Å². The number of hydrogen-bond acceptors (Lipinski definition) is 2. The molecule has 1 rings (SSSR count). The van der Waals surface area contributed by atoms with Gasteiger partial charge in [0.15, 0.2) is 0 Å². The zero-order chi connectivity index (χ0) is 8.27. The van der Waals surface area contributed by atoms with Crippen molar-refractivity contribution in [3.63, 3.8) is 0 Å². The van der Waals surface area contributed by atoms with Crippen molar-refractivity contribution >= 4 is 12.4 Å². The van der Waals surface area contributed by atoms with Crippen molar-refractivity contribution in [3.8, 4) is 0 Å². The van der Waals surface area contributed by atoms with Gasteiger partial charge in [-0.3, -0.25) is 4.99 Å². The van der Waals surface area contributed by atoms with Gasteiger partial charge in [0, 0.05) is 17.8 Å².